The van der Waals surface area contributed by atoms with Crippen LogP contribution in [0.1, 0.15) is 49.3 Å². The average Bonchev–Trinajstić information content (AvgIpc) is 2.49. The van der Waals surface area contributed by atoms with Crippen molar-refractivity contribution in [1.29, 1.82) is 0 Å². The molecule has 1 amide bonds. The Balaban J connectivity index is 2.11. The van der Waals surface area contributed by atoms with E-state index in [2.05, 4.69) is 36.3 Å². The lowest BCUT2D eigenvalue weighted by molar-refractivity contribution is 0.102. The lowest BCUT2D eigenvalue weighted by Gasteiger charge is -2.16. The highest BCUT2D eigenvalue weighted by Gasteiger charge is 2.16. The van der Waals surface area contributed by atoms with Crippen LogP contribution in [-0.4, -0.2) is 22.7 Å². The molecule has 0 spiro atoms. The number of nitrogens with one attached hydrogen (secondary N) is 1. The van der Waals surface area contributed by atoms with Crippen LogP contribution in [0.2, 0.25) is 0 Å². The molecule has 0 radical (unpaired) electrons. The summed E-state index contributed by atoms with van der Waals surface area (Å²) in [5, 5.41) is 11.0. The maximum Gasteiger partial charge on any atom is 0.256 e. The standard InChI is InChI=1S/C18H23N3O2/c1-6-23-14-8-7-13(11-12(14)2)17(22)19-16-10-9-15(20-21-16)18(3,4)5/h7-11H,6H2,1-5H3,(H,19,21,22). The highest BCUT2D eigenvalue weighted by Crippen LogP contribution is 2.21. The van der Waals surface area contributed by atoms with Crippen LogP contribution in [0, 0.1) is 6.92 Å². The highest BCUT2D eigenvalue weighted by molar-refractivity contribution is 6.03. The van der Waals surface area contributed by atoms with E-state index >= 15 is 0 Å². The number of ether oxygens (including phenoxy) is 1. The molecule has 2 aromatic rings. The molecule has 1 N–H and O–H groups in total. The van der Waals surface area contributed by atoms with Gasteiger partial charge in [0.15, 0.2) is 5.82 Å². The number of hydrogen-bond acceptors (Lipinski definition) is 4. The molecule has 23 heavy (non-hydrogen) atoms. The lowest BCUT2D eigenvalue weighted by Crippen LogP contribution is -2.17. The Morgan fingerprint density at radius 2 is 1.91 bits per heavy atom. The van der Waals surface area contributed by atoms with E-state index < -0.39 is 0 Å². The maximum atomic E-state index is 12.3. The van der Waals surface area contributed by atoms with Gasteiger partial charge in [0.2, 0.25) is 0 Å². The third-order valence-corrected chi connectivity index (χ3v) is 3.41. The first kappa shape index (κ1) is 16.9. The molecule has 122 valence electrons. The molecule has 1 aromatic heterocycles. The van der Waals surface area contributed by atoms with Gasteiger partial charge in [-0.15, -0.1) is 5.10 Å². The molecule has 0 unspecified atom stereocenters. The molecule has 0 fully saturated rings. The summed E-state index contributed by atoms with van der Waals surface area (Å²) in [6.45, 7) is 10.6. The largest absolute Gasteiger partial charge is 0.494 e. The van der Waals surface area contributed by atoms with Crippen molar-refractivity contribution in [2.75, 3.05) is 11.9 Å². The molecule has 5 heteroatoms. The Kier molecular flexibility index (Phi) is 4.98. The Hall–Kier alpha value is -2.43. The molecule has 0 aliphatic rings. The molecule has 0 aliphatic carbocycles. The van der Waals surface area contributed by atoms with Crippen LogP contribution in [0.5, 0.6) is 5.75 Å². The predicted molar refractivity (Wildman–Crippen MR) is 91.0 cm³/mol. The van der Waals surface area contributed by atoms with Crippen molar-refractivity contribution >= 4 is 11.7 Å². The molecule has 0 saturated carbocycles. The van der Waals surface area contributed by atoms with E-state index in [4.69, 9.17) is 4.74 Å². The summed E-state index contributed by atoms with van der Waals surface area (Å²) >= 11 is 0. The Morgan fingerprint density at radius 3 is 2.43 bits per heavy atom. The number of anilines is 1. The summed E-state index contributed by atoms with van der Waals surface area (Å²) in [5.41, 5.74) is 2.30. The lowest BCUT2D eigenvalue weighted by atomic mass is 9.92. The molecular weight excluding hydrogens is 290 g/mol. The molecule has 1 heterocycles. The molecule has 0 atom stereocenters. The summed E-state index contributed by atoms with van der Waals surface area (Å²) in [4.78, 5) is 12.3. The fraction of sp³-hybridized carbons (Fsp3) is 0.389. The van der Waals surface area contributed by atoms with Crippen molar-refractivity contribution in [3.05, 3.63) is 47.2 Å². The first-order valence-electron chi connectivity index (χ1n) is 7.70. The van der Waals surface area contributed by atoms with Gasteiger partial charge in [-0.2, -0.15) is 5.10 Å². The van der Waals surface area contributed by atoms with Crippen molar-refractivity contribution < 1.29 is 9.53 Å². The van der Waals surface area contributed by atoms with Gasteiger partial charge in [0.1, 0.15) is 5.75 Å². The number of rotatable bonds is 4. The average molecular weight is 313 g/mol. The molecule has 0 aliphatic heterocycles. The maximum absolute atomic E-state index is 12.3. The third-order valence-electron chi connectivity index (χ3n) is 3.41. The van der Waals surface area contributed by atoms with Crippen molar-refractivity contribution in [3.63, 3.8) is 0 Å². The van der Waals surface area contributed by atoms with Gasteiger partial charge in [-0.05, 0) is 49.7 Å². The molecule has 5 nitrogen and oxygen atoms in total. The van der Waals surface area contributed by atoms with E-state index in [0.717, 1.165) is 17.0 Å². The molecule has 0 saturated heterocycles. The zero-order chi connectivity index (χ0) is 17.0. The fourth-order valence-corrected chi connectivity index (χ4v) is 2.10. The van der Waals surface area contributed by atoms with Gasteiger partial charge in [0.25, 0.3) is 5.91 Å². The number of aryl methyl sites for hydroxylation is 1. The van der Waals surface area contributed by atoms with Crippen molar-refractivity contribution in [1.82, 2.24) is 10.2 Å². The normalized spacial score (nSPS) is 11.2. The van der Waals surface area contributed by atoms with E-state index in [1.165, 1.54) is 0 Å². The van der Waals surface area contributed by atoms with Crippen LogP contribution in [0.4, 0.5) is 5.82 Å². The molecular formula is C18H23N3O2. The van der Waals surface area contributed by atoms with Crippen LogP contribution < -0.4 is 10.1 Å². The van der Waals surface area contributed by atoms with Crippen molar-refractivity contribution in [3.8, 4) is 5.75 Å². The van der Waals surface area contributed by atoms with Crippen LogP contribution in [-0.2, 0) is 5.41 Å². The van der Waals surface area contributed by atoms with E-state index in [1.54, 1.807) is 18.2 Å². The summed E-state index contributed by atoms with van der Waals surface area (Å²) in [7, 11) is 0. The zero-order valence-electron chi connectivity index (χ0n) is 14.3. The minimum atomic E-state index is -0.214. The van der Waals surface area contributed by atoms with Crippen molar-refractivity contribution in [2.45, 2.75) is 40.0 Å². The van der Waals surface area contributed by atoms with Crippen molar-refractivity contribution in [2.24, 2.45) is 0 Å². The van der Waals surface area contributed by atoms with E-state index in [1.807, 2.05) is 26.0 Å². The van der Waals surface area contributed by atoms with E-state index in [-0.39, 0.29) is 11.3 Å². The van der Waals surface area contributed by atoms with Gasteiger partial charge in [-0.1, -0.05) is 20.8 Å². The van der Waals surface area contributed by atoms with E-state index in [9.17, 15) is 4.79 Å². The number of benzene rings is 1. The molecule has 1 aromatic carbocycles. The number of hydrogen-bond donors (Lipinski definition) is 1. The SMILES string of the molecule is CCOc1ccc(C(=O)Nc2ccc(C(C)(C)C)nn2)cc1C. The second-order valence-electron chi connectivity index (χ2n) is 6.42. The van der Waals surface area contributed by atoms with Gasteiger partial charge < -0.3 is 10.1 Å². The van der Waals surface area contributed by atoms with E-state index in [0.29, 0.717) is 18.0 Å². The first-order valence-corrected chi connectivity index (χ1v) is 7.70. The quantitative estimate of drug-likeness (QED) is 0.934. The summed E-state index contributed by atoms with van der Waals surface area (Å²) in [5.74, 6) is 1.02. The van der Waals surface area contributed by atoms with Crippen LogP contribution >= 0.6 is 0 Å². The predicted octanol–water partition coefficient (Wildman–Crippen LogP) is 3.73. The van der Waals surface area contributed by atoms with Gasteiger partial charge in [0.05, 0.1) is 12.3 Å². The second kappa shape index (κ2) is 6.77. The number of carbonyl (C=O) groups excluding carboxylic acids is 1. The van der Waals surface area contributed by atoms with Gasteiger partial charge in [-0.25, -0.2) is 0 Å². The summed E-state index contributed by atoms with van der Waals surface area (Å²) < 4.78 is 5.48. The Bertz CT molecular complexity index is 688. The monoisotopic (exact) mass is 313 g/mol. The molecule has 2 rings (SSSR count). The topological polar surface area (TPSA) is 64.1 Å². The summed E-state index contributed by atoms with van der Waals surface area (Å²) in [6, 6.07) is 9.00. The number of amides is 1. The van der Waals surface area contributed by atoms with Gasteiger partial charge >= 0.3 is 0 Å². The highest BCUT2D eigenvalue weighted by atomic mass is 16.5. The van der Waals surface area contributed by atoms with Crippen LogP contribution in [0.3, 0.4) is 0 Å². The second-order valence-corrected chi connectivity index (χ2v) is 6.42. The van der Waals surface area contributed by atoms with Crippen LogP contribution in [0.15, 0.2) is 30.3 Å². The minimum absolute atomic E-state index is 0.0677. The van der Waals surface area contributed by atoms with Crippen LogP contribution in [0.25, 0.3) is 0 Å². The first-order chi connectivity index (χ1) is 10.8. The van der Waals surface area contributed by atoms with Gasteiger partial charge in [-0.3, -0.25) is 4.79 Å². The number of carbonyl (C=O) groups is 1. The Morgan fingerprint density at radius 1 is 1.17 bits per heavy atom. The number of nitrogens with zero attached hydrogens (tertiary/aromatic N) is 2. The number of aromatic nitrogens is 2. The Labute approximate surface area is 137 Å². The minimum Gasteiger partial charge on any atom is -0.494 e. The van der Waals surface area contributed by atoms with Gasteiger partial charge in [0, 0.05) is 11.0 Å². The fourth-order valence-electron chi connectivity index (χ4n) is 2.10. The molecule has 0 bridgehead atoms. The summed E-state index contributed by atoms with van der Waals surface area (Å²) in [6.07, 6.45) is 0. The third kappa shape index (κ3) is 4.28. The smallest absolute Gasteiger partial charge is 0.256 e. The zero-order valence-corrected chi connectivity index (χ0v) is 14.3.